The number of hydrogen-bond donors (Lipinski definition) is 1. The average molecular weight is 291 g/mol. The van der Waals surface area contributed by atoms with E-state index in [1.807, 2.05) is 31.2 Å². The summed E-state index contributed by atoms with van der Waals surface area (Å²) in [6.07, 6.45) is 1.17. The lowest BCUT2D eigenvalue weighted by atomic mass is 9.98. The van der Waals surface area contributed by atoms with Gasteiger partial charge in [-0.3, -0.25) is 9.59 Å². The molecule has 0 bridgehead atoms. The number of rotatable bonds is 7. The maximum absolute atomic E-state index is 12.3. The second-order valence-electron chi connectivity index (χ2n) is 5.16. The topological polar surface area (TPSA) is 66.8 Å². The Kier molecular flexibility index (Phi) is 5.33. The molecule has 1 N–H and O–H groups in total. The number of hydrogen-bond acceptors (Lipinski definition) is 3. The fourth-order valence-corrected chi connectivity index (χ4v) is 2.72. The fraction of sp³-hybridized carbons (Fsp3) is 0.500. The summed E-state index contributed by atoms with van der Waals surface area (Å²) in [5, 5.41) is 9.00. The average Bonchev–Trinajstić information content (AvgIpc) is 2.82. The number of carboxylic acids is 1. The molecule has 1 atom stereocenters. The number of nitrogens with zero attached hydrogens (tertiary/aromatic N) is 1. The van der Waals surface area contributed by atoms with Crippen molar-refractivity contribution in [3.63, 3.8) is 0 Å². The zero-order valence-corrected chi connectivity index (χ0v) is 12.2. The minimum atomic E-state index is -0.833. The van der Waals surface area contributed by atoms with Crippen LogP contribution in [0.3, 0.4) is 0 Å². The smallest absolute Gasteiger partial charge is 0.304 e. The standard InChI is InChI=1S/C16H21NO4/c1-2-21-9-5-8-15(18)17-11-12(10-16(19)20)13-6-3-4-7-14(13)17/h3-4,6-7,12H,2,5,8-11H2,1H3,(H,19,20). The molecule has 5 heteroatoms. The van der Waals surface area contributed by atoms with Gasteiger partial charge in [-0.15, -0.1) is 0 Å². The van der Waals surface area contributed by atoms with Crippen molar-refractivity contribution in [2.24, 2.45) is 0 Å². The molecule has 1 amide bonds. The number of carboxylic acid groups (broad SMARTS) is 1. The quantitative estimate of drug-likeness (QED) is 0.783. The number of carbonyl (C=O) groups excluding carboxylic acids is 1. The summed E-state index contributed by atoms with van der Waals surface area (Å²) in [6, 6.07) is 7.56. The first-order valence-electron chi connectivity index (χ1n) is 7.32. The summed E-state index contributed by atoms with van der Waals surface area (Å²) in [6.45, 7) is 3.62. The molecule has 0 saturated carbocycles. The Hall–Kier alpha value is -1.88. The van der Waals surface area contributed by atoms with E-state index in [9.17, 15) is 9.59 Å². The first-order chi connectivity index (χ1) is 10.1. The number of aliphatic carboxylic acids is 1. The van der Waals surface area contributed by atoms with Crippen LogP contribution in [0.4, 0.5) is 5.69 Å². The van der Waals surface area contributed by atoms with Crippen molar-refractivity contribution in [3.05, 3.63) is 29.8 Å². The molecule has 0 spiro atoms. The molecule has 0 aliphatic carbocycles. The maximum atomic E-state index is 12.3. The lowest BCUT2D eigenvalue weighted by Crippen LogP contribution is -2.30. The molecule has 1 aromatic rings. The number of para-hydroxylation sites is 1. The molecule has 1 heterocycles. The molecule has 21 heavy (non-hydrogen) atoms. The summed E-state index contributed by atoms with van der Waals surface area (Å²) >= 11 is 0. The van der Waals surface area contributed by atoms with Gasteiger partial charge < -0.3 is 14.7 Å². The summed E-state index contributed by atoms with van der Waals surface area (Å²) in [4.78, 5) is 25.0. The van der Waals surface area contributed by atoms with E-state index in [-0.39, 0.29) is 18.2 Å². The van der Waals surface area contributed by atoms with Gasteiger partial charge in [0.15, 0.2) is 0 Å². The summed E-state index contributed by atoms with van der Waals surface area (Å²) in [5.74, 6) is -0.912. The number of fused-ring (bicyclic) bond motifs is 1. The third-order valence-corrected chi connectivity index (χ3v) is 3.68. The van der Waals surface area contributed by atoms with Crippen molar-refractivity contribution in [2.75, 3.05) is 24.7 Å². The van der Waals surface area contributed by atoms with E-state index >= 15 is 0 Å². The maximum Gasteiger partial charge on any atom is 0.304 e. The van der Waals surface area contributed by atoms with Crippen LogP contribution < -0.4 is 4.90 Å². The first-order valence-corrected chi connectivity index (χ1v) is 7.32. The molecule has 0 aromatic heterocycles. The zero-order valence-electron chi connectivity index (χ0n) is 12.2. The Bertz CT molecular complexity index is 515. The SMILES string of the molecule is CCOCCCC(=O)N1CC(CC(=O)O)c2ccccc21. The van der Waals surface area contributed by atoms with Crippen molar-refractivity contribution in [2.45, 2.75) is 32.1 Å². The van der Waals surface area contributed by atoms with Crippen molar-refractivity contribution < 1.29 is 19.4 Å². The van der Waals surface area contributed by atoms with Crippen molar-refractivity contribution in [1.82, 2.24) is 0 Å². The highest BCUT2D eigenvalue weighted by Crippen LogP contribution is 2.38. The van der Waals surface area contributed by atoms with E-state index in [4.69, 9.17) is 9.84 Å². The van der Waals surface area contributed by atoms with Crippen LogP contribution in [-0.2, 0) is 14.3 Å². The highest BCUT2D eigenvalue weighted by Gasteiger charge is 2.32. The van der Waals surface area contributed by atoms with Gasteiger partial charge >= 0.3 is 5.97 Å². The van der Waals surface area contributed by atoms with Gasteiger partial charge in [-0.2, -0.15) is 0 Å². The van der Waals surface area contributed by atoms with Crippen LogP contribution in [0.5, 0.6) is 0 Å². The van der Waals surface area contributed by atoms with Gasteiger partial charge in [0, 0.05) is 37.8 Å². The van der Waals surface area contributed by atoms with E-state index in [2.05, 4.69) is 0 Å². The molecule has 5 nitrogen and oxygen atoms in total. The number of ether oxygens (including phenoxy) is 1. The molecular formula is C16H21NO4. The summed E-state index contributed by atoms with van der Waals surface area (Å²) in [5.41, 5.74) is 1.81. The Morgan fingerprint density at radius 1 is 1.38 bits per heavy atom. The van der Waals surface area contributed by atoms with Crippen LogP contribution in [0, 0.1) is 0 Å². The fourth-order valence-electron chi connectivity index (χ4n) is 2.72. The lowest BCUT2D eigenvalue weighted by molar-refractivity contribution is -0.137. The molecule has 1 unspecified atom stereocenters. The third kappa shape index (κ3) is 3.82. The highest BCUT2D eigenvalue weighted by atomic mass is 16.5. The van der Waals surface area contributed by atoms with E-state index in [0.29, 0.717) is 32.6 Å². The normalized spacial score (nSPS) is 16.8. The van der Waals surface area contributed by atoms with Gasteiger partial charge in [0.05, 0.1) is 6.42 Å². The number of anilines is 1. The molecule has 0 fully saturated rings. The van der Waals surface area contributed by atoms with Gasteiger partial charge in [-0.1, -0.05) is 18.2 Å². The monoisotopic (exact) mass is 291 g/mol. The Morgan fingerprint density at radius 3 is 2.86 bits per heavy atom. The Labute approximate surface area is 124 Å². The zero-order chi connectivity index (χ0) is 15.2. The van der Waals surface area contributed by atoms with Gasteiger partial charge in [0.25, 0.3) is 0 Å². The molecule has 2 rings (SSSR count). The van der Waals surface area contributed by atoms with Gasteiger partial charge in [-0.05, 0) is 25.0 Å². The van der Waals surface area contributed by atoms with Crippen LogP contribution in [-0.4, -0.2) is 36.7 Å². The van der Waals surface area contributed by atoms with Crippen molar-refractivity contribution in [1.29, 1.82) is 0 Å². The van der Waals surface area contributed by atoms with Crippen LogP contribution >= 0.6 is 0 Å². The van der Waals surface area contributed by atoms with E-state index in [1.54, 1.807) is 4.90 Å². The minimum Gasteiger partial charge on any atom is -0.481 e. The predicted molar refractivity (Wildman–Crippen MR) is 79.5 cm³/mol. The summed E-state index contributed by atoms with van der Waals surface area (Å²) < 4.78 is 5.24. The minimum absolute atomic E-state index is 0.0371. The van der Waals surface area contributed by atoms with Crippen molar-refractivity contribution >= 4 is 17.6 Å². The number of amides is 1. The van der Waals surface area contributed by atoms with Gasteiger partial charge in [-0.25, -0.2) is 0 Å². The van der Waals surface area contributed by atoms with Crippen LogP contribution in [0.25, 0.3) is 0 Å². The molecule has 0 saturated heterocycles. The largest absolute Gasteiger partial charge is 0.481 e. The van der Waals surface area contributed by atoms with E-state index in [1.165, 1.54) is 0 Å². The molecule has 1 aliphatic rings. The molecule has 1 aromatic carbocycles. The molecule has 114 valence electrons. The molecular weight excluding hydrogens is 270 g/mol. The Balaban J connectivity index is 2.04. The van der Waals surface area contributed by atoms with E-state index < -0.39 is 5.97 Å². The van der Waals surface area contributed by atoms with Gasteiger partial charge in [0.2, 0.25) is 5.91 Å². The lowest BCUT2D eigenvalue weighted by Gasteiger charge is -2.17. The predicted octanol–water partition coefficient (Wildman–Crippen LogP) is 2.41. The van der Waals surface area contributed by atoms with Crippen LogP contribution in [0.15, 0.2) is 24.3 Å². The van der Waals surface area contributed by atoms with Crippen molar-refractivity contribution in [3.8, 4) is 0 Å². The number of benzene rings is 1. The third-order valence-electron chi connectivity index (χ3n) is 3.68. The second kappa shape index (κ2) is 7.22. The molecule has 1 aliphatic heterocycles. The highest BCUT2D eigenvalue weighted by molar-refractivity contribution is 5.96. The number of carbonyl (C=O) groups is 2. The molecule has 0 radical (unpaired) electrons. The Morgan fingerprint density at radius 2 is 2.14 bits per heavy atom. The van der Waals surface area contributed by atoms with E-state index in [0.717, 1.165) is 11.3 Å². The summed E-state index contributed by atoms with van der Waals surface area (Å²) in [7, 11) is 0. The van der Waals surface area contributed by atoms with Crippen LogP contribution in [0.1, 0.15) is 37.7 Å². The second-order valence-corrected chi connectivity index (χ2v) is 5.16. The van der Waals surface area contributed by atoms with Gasteiger partial charge in [0.1, 0.15) is 0 Å². The van der Waals surface area contributed by atoms with Crippen LogP contribution in [0.2, 0.25) is 0 Å². The first kappa shape index (κ1) is 15.5.